The molecule has 0 bridgehead atoms. The van der Waals surface area contributed by atoms with Crippen molar-refractivity contribution in [3.8, 4) is 0 Å². The first kappa shape index (κ1) is 18.2. The minimum Gasteiger partial charge on any atom is -0.330 e. The van der Waals surface area contributed by atoms with Crippen molar-refractivity contribution in [2.45, 2.75) is 31.7 Å². The highest BCUT2D eigenvalue weighted by molar-refractivity contribution is 5.74. The molecule has 1 unspecified atom stereocenters. The van der Waals surface area contributed by atoms with Crippen LogP contribution in [0.15, 0.2) is 30.3 Å². The first-order valence-electron chi connectivity index (χ1n) is 9.73. The van der Waals surface area contributed by atoms with Gasteiger partial charge in [-0.3, -0.25) is 4.90 Å². The molecular formula is C20H32N4O. The molecule has 2 fully saturated rings. The quantitative estimate of drug-likeness (QED) is 0.912. The molecule has 3 rings (SSSR count). The van der Waals surface area contributed by atoms with Crippen molar-refractivity contribution in [2.75, 3.05) is 52.9 Å². The molecule has 1 atom stereocenters. The third-order valence-corrected chi connectivity index (χ3v) is 5.43. The molecule has 5 nitrogen and oxygen atoms in total. The third-order valence-electron chi connectivity index (χ3n) is 5.43. The first-order chi connectivity index (χ1) is 12.2. The van der Waals surface area contributed by atoms with Gasteiger partial charge in [-0.1, -0.05) is 43.2 Å². The van der Waals surface area contributed by atoms with E-state index in [1.54, 1.807) is 0 Å². The summed E-state index contributed by atoms with van der Waals surface area (Å²) in [7, 11) is 2.17. The van der Waals surface area contributed by atoms with Gasteiger partial charge >= 0.3 is 6.03 Å². The summed E-state index contributed by atoms with van der Waals surface area (Å²) in [6.07, 6.45) is 4.74. The Morgan fingerprint density at radius 2 is 1.60 bits per heavy atom. The fraction of sp³-hybridized carbons (Fsp3) is 0.650. The number of hydrogen-bond acceptors (Lipinski definition) is 3. The van der Waals surface area contributed by atoms with Crippen LogP contribution in [0.2, 0.25) is 0 Å². The highest BCUT2D eigenvalue weighted by Gasteiger charge is 2.23. The summed E-state index contributed by atoms with van der Waals surface area (Å²) in [6.45, 7) is 7.00. The average molecular weight is 345 g/mol. The van der Waals surface area contributed by atoms with Crippen molar-refractivity contribution < 1.29 is 4.79 Å². The summed E-state index contributed by atoms with van der Waals surface area (Å²) in [5, 5.41) is 3.32. The molecule has 2 amide bonds. The van der Waals surface area contributed by atoms with Crippen LogP contribution in [-0.2, 0) is 0 Å². The van der Waals surface area contributed by atoms with E-state index in [0.717, 1.165) is 58.7 Å². The lowest BCUT2D eigenvalue weighted by molar-refractivity contribution is 0.139. The molecule has 0 aromatic heterocycles. The molecule has 2 heterocycles. The standard InChI is InChI=1S/C20H32N4O/c1-22-13-15-23(16-14-22)17-19(18-9-5-4-6-10-18)21-20(25)24-11-7-2-3-8-12-24/h4-6,9-10,19H,2-3,7-8,11-17H2,1H3,(H,21,25). The summed E-state index contributed by atoms with van der Waals surface area (Å²) in [5.41, 5.74) is 1.20. The molecule has 2 aliphatic heterocycles. The van der Waals surface area contributed by atoms with Crippen LogP contribution in [0.1, 0.15) is 37.3 Å². The molecule has 25 heavy (non-hydrogen) atoms. The van der Waals surface area contributed by atoms with Crippen LogP contribution in [0.25, 0.3) is 0 Å². The molecule has 2 aliphatic rings. The van der Waals surface area contributed by atoms with Crippen LogP contribution >= 0.6 is 0 Å². The van der Waals surface area contributed by atoms with Gasteiger partial charge in [0.05, 0.1) is 6.04 Å². The van der Waals surface area contributed by atoms with E-state index in [1.807, 2.05) is 11.0 Å². The molecule has 1 N–H and O–H groups in total. The zero-order valence-electron chi connectivity index (χ0n) is 15.5. The molecule has 138 valence electrons. The molecule has 0 saturated carbocycles. The van der Waals surface area contributed by atoms with E-state index in [0.29, 0.717) is 0 Å². The summed E-state index contributed by atoms with van der Waals surface area (Å²) in [5.74, 6) is 0. The minimum atomic E-state index is 0.0559. The Morgan fingerprint density at radius 1 is 0.960 bits per heavy atom. The van der Waals surface area contributed by atoms with E-state index >= 15 is 0 Å². The molecule has 1 aromatic rings. The number of carbonyl (C=O) groups is 1. The number of piperazine rings is 1. The lowest BCUT2D eigenvalue weighted by Crippen LogP contribution is -2.49. The van der Waals surface area contributed by atoms with E-state index in [1.165, 1.54) is 18.4 Å². The Bertz CT molecular complexity index is 520. The second-order valence-corrected chi connectivity index (χ2v) is 7.42. The maximum atomic E-state index is 12.8. The predicted octanol–water partition coefficient (Wildman–Crippen LogP) is 2.56. The number of benzene rings is 1. The van der Waals surface area contributed by atoms with Gasteiger partial charge in [-0.2, -0.15) is 0 Å². The molecule has 0 spiro atoms. The first-order valence-corrected chi connectivity index (χ1v) is 9.73. The number of hydrogen-bond donors (Lipinski definition) is 1. The largest absolute Gasteiger partial charge is 0.330 e. The number of likely N-dealkylation sites (tertiary alicyclic amines) is 1. The Hall–Kier alpha value is -1.59. The summed E-state index contributed by atoms with van der Waals surface area (Å²) >= 11 is 0. The van der Waals surface area contributed by atoms with Gasteiger partial charge in [0.1, 0.15) is 0 Å². The fourth-order valence-corrected chi connectivity index (χ4v) is 3.72. The van der Waals surface area contributed by atoms with Gasteiger partial charge in [0.25, 0.3) is 0 Å². The minimum absolute atomic E-state index is 0.0559. The van der Waals surface area contributed by atoms with Crippen molar-refractivity contribution in [1.82, 2.24) is 20.0 Å². The van der Waals surface area contributed by atoms with Crippen molar-refractivity contribution in [3.05, 3.63) is 35.9 Å². The van der Waals surface area contributed by atoms with Gasteiger partial charge < -0.3 is 15.1 Å². The number of urea groups is 1. The molecule has 5 heteroatoms. The molecular weight excluding hydrogens is 312 g/mol. The summed E-state index contributed by atoms with van der Waals surface area (Å²) < 4.78 is 0. The fourth-order valence-electron chi connectivity index (χ4n) is 3.72. The average Bonchev–Trinajstić information content (AvgIpc) is 2.93. The van der Waals surface area contributed by atoms with Gasteiger partial charge in [-0.25, -0.2) is 4.79 Å². The van der Waals surface area contributed by atoms with E-state index in [2.05, 4.69) is 46.4 Å². The molecule has 2 saturated heterocycles. The van der Waals surface area contributed by atoms with Crippen LogP contribution < -0.4 is 5.32 Å². The van der Waals surface area contributed by atoms with Crippen LogP contribution in [0.5, 0.6) is 0 Å². The number of nitrogens with one attached hydrogen (secondary N) is 1. The Kier molecular flexibility index (Phi) is 6.70. The Balaban J connectivity index is 1.64. The number of amides is 2. The lowest BCUT2D eigenvalue weighted by atomic mass is 10.1. The SMILES string of the molecule is CN1CCN(CC(NC(=O)N2CCCCCC2)c2ccccc2)CC1. The van der Waals surface area contributed by atoms with Gasteiger partial charge in [0.15, 0.2) is 0 Å². The highest BCUT2D eigenvalue weighted by atomic mass is 16.2. The number of rotatable bonds is 4. The zero-order valence-corrected chi connectivity index (χ0v) is 15.5. The Labute approximate surface area is 152 Å². The van der Waals surface area contributed by atoms with Crippen molar-refractivity contribution in [1.29, 1.82) is 0 Å². The Morgan fingerprint density at radius 3 is 2.24 bits per heavy atom. The van der Waals surface area contributed by atoms with E-state index in [4.69, 9.17) is 0 Å². The van der Waals surface area contributed by atoms with Crippen LogP contribution in [0.3, 0.4) is 0 Å². The monoisotopic (exact) mass is 344 g/mol. The smallest absolute Gasteiger partial charge is 0.317 e. The summed E-state index contributed by atoms with van der Waals surface area (Å²) in [6, 6.07) is 10.6. The van der Waals surface area contributed by atoms with Crippen molar-refractivity contribution in [3.63, 3.8) is 0 Å². The van der Waals surface area contributed by atoms with E-state index in [-0.39, 0.29) is 12.1 Å². The second-order valence-electron chi connectivity index (χ2n) is 7.42. The number of carbonyl (C=O) groups excluding carboxylic acids is 1. The lowest BCUT2D eigenvalue weighted by Gasteiger charge is -2.35. The van der Waals surface area contributed by atoms with Crippen molar-refractivity contribution in [2.24, 2.45) is 0 Å². The highest BCUT2D eigenvalue weighted by Crippen LogP contribution is 2.17. The molecule has 1 aromatic carbocycles. The number of nitrogens with zero attached hydrogens (tertiary/aromatic N) is 3. The van der Waals surface area contributed by atoms with Crippen LogP contribution in [-0.4, -0.2) is 73.6 Å². The van der Waals surface area contributed by atoms with Gasteiger partial charge in [-0.05, 0) is 25.5 Å². The van der Waals surface area contributed by atoms with Gasteiger partial charge in [0, 0.05) is 45.8 Å². The van der Waals surface area contributed by atoms with Gasteiger partial charge in [-0.15, -0.1) is 0 Å². The van der Waals surface area contributed by atoms with Crippen LogP contribution in [0, 0.1) is 0 Å². The van der Waals surface area contributed by atoms with Gasteiger partial charge in [0.2, 0.25) is 0 Å². The summed E-state index contributed by atoms with van der Waals surface area (Å²) in [4.78, 5) is 19.7. The maximum absolute atomic E-state index is 12.8. The zero-order chi connectivity index (χ0) is 17.5. The topological polar surface area (TPSA) is 38.8 Å². The van der Waals surface area contributed by atoms with Crippen LogP contribution in [0.4, 0.5) is 4.79 Å². The van der Waals surface area contributed by atoms with E-state index < -0.39 is 0 Å². The second kappa shape index (κ2) is 9.20. The molecule has 0 radical (unpaired) electrons. The normalized spacial score (nSPS) is 21.6. The van der Waals surface area contributed by atoms with E-state index in [9.17, 15) is 4.79 Å². The molecule has 0 aliphatic carbocycles. The maximum Gasteiger partial charge on any atom is 0.317 e. The number of likely N-dealkylation sites (N-methyl/N-ethyl adjacent to an activating group) is 1. The third kappa shape index (κ3) is 5.44. The van der Waals surface area contributed by atoms with Crippen molar-refractivity contribution >= 4 is 6.03 Å². The predicted molar refractivity (Wildman–Crippen MR) is 102 cm³/mol.